The minimum atomic E-state index is -1.21. The van der Waals surface area contributed by atoms with Crippen molar-refractivity contribution < 1.29 is 19.7 Å². The van der Waals surface area contributed by atoms with Crippen LogP contribution < -0.4 is 0 Å². The number of aliphatic hydroxyl groups is 2. The van der Waals surface area contributed by atoms with Gasteiger partial charge in [-0.25, -0.2) is 0 Å². The molecule has 0 bridgehead atoms. The third-order valence-electron chi connectivity index (χ3n) is 1.62. The number of ether oxygens (including phenoxy) is 2. The fraction of sp³-hybridized carbons (Fsp3) is 0.714. The van der Waals surface area contributed by atoms with E-state index < -0.39 is 5.79 Å². The van der Waals surface area contributed by atoms with Crippen LogP contribution in [0.25, 0.3) is 0 Å². The smallest absolute Gasteiger partial charge is 0.216 e. The topological polar surface area (TPSA) is 58.9 Å². The Kier molecular flexibility index (Phi) is 2.62. The van der Waals surface area contributed by atoms with E-state index in [1.165, 1.54) is 0 Å². The summed E-state index contributed by atoms with van der Waals surface area (Å²) in [5.41, 5.74) is 0. The highest BCUT2D eigenvalue weighted by Gasteiger charge is 2.39. The summed E-state index contributed by atoms with van der Waals surface area (Å²) in [6.45, 7) is 3.17. The van der Waals surface area contributed by atoms with E-state index in [0.29, 0.717) is 6.61 Å². The molecule has 0 spiro atoms. The van der Waals surface area contributed by atoms with E-state index in [0.717, 1.165) is 0 Å². The molecule has 2 N–H and O–H groups in total. The molecule has 0 saturated carbocycles. The molecule has 1 heterocycles. The Bertz CT molecular complexity index is 141. The molecule has 4 nitrogen and oxygen atoms in total. The first-order chi connectivity index (χ1) is 5.26. The van der Waals surface area contributed by atoms with E-state index in [-0.39, 0.29) is 19.3 Å². The Morgan fingerprint density at radius 2 is 2.18 bits per heavy atom. The Morgan fingerprint density at radius 1 is 1.55 bits per heavy atom. The number of hydrogen-bond acceptors (Lipinski definition) is 4. The van der Waals surface area contributed by atoms with Crippen LogP contribution in [0.1, 0.15) is 0 Å². The second-order valence-electron chi connectivity index (χ2n) is 2.43. The molecule has 0 aromatic carbocycles. The van der Waals surface area contributed by atoms with E-state index in [9.17, 15) is 0 Å². The minimum absolute atomic E-state index is 0.228. The lowest BCUT2D eigenvalue weighted by molar-refractivity contribution is -0.209. The monoisotopic (exact) mass is 160 g/mol. The van der Waals surface area contributed by atoms with Gasteiger partial charge in [-0.05, 0) is 0 Å². The van der Waals surface area contributed by atoms with Crippen LogP contribution in [0.5, 0.6) is 0 Å². The third kappa shape index (κ3) is 1.59. The molecule has 0 amide bonds. The second kappa shape index (κ2) is 3.32. The molecule has 1 rings (SSSR count). The van der Waals surface area contributed by atoms with Crippen molar-refractivity contribution in [2.45, 2.75) is 11.9 Å². The number of aliphatic hydroxyl groups excluding tert-OH is 2. The average molecular weight is 160 g/mol. The predicted molar refractivity (Wildman–Crippen MR) is 37.9 cm³/mol. The van der Waals surface area contributed by atoms with E-state index in [1.54, 1.807) is 6.08 Å². The van der Waals surface area contributed by atoms with Crippen LogP contribution in [-0.2, 0) is 9.47 Å². The summed E-state index contributed by atoms with van der Waals surface area (Å²) in [5.74, 6) is -1.21. The molecule has 1 aliphatic heterocycles. The van der Waals surface area contributed by atoms with Crippen molar-refractivity contribution in [2.24, 2.45) is 0 Å². The SMILES string of the molecule is C=CC1COC(CO)(CO)O1. The van der Waals surface area contributed by atoms with Crippen molar-refractivity contribution in [3.63, 3.8) is 0 Å². The van der Waals surface area contributed by atoms with Gasteiger partial charge in [-0.3, -0.25) is 0 Å². The molecule has 11 heavy (non-hydrogen) atoms. The summed E-state index contributed by atoms with van der Waals surface area (Å²) in [5, 5.41) is 17.6. The van der Waals surface area contributed by atoms with Crippen LogP contribution in [0, 0.1) is 0 Å². The van der Waals surface area contributed by atoms with Gasteiger partial charge in [-0.2, -0.15) is 0 Å². The normalized spacial score (nSPS) is 28.7. The molecule has 1 saturated heterocycles. The summed E-state index contributed by atoms with van der Waals surface area (Å²) in [6.07, 6.45) is 1.35. The van der Waals surface area contributed by atoms with Crippen LogP contribution in [0.3, 0.4) is 0 Å². The van der Waals surface area contributed by atoms with Gasteiger partial charge >= 0.3 is 0 Å². The zero-order chi connectivity index (χ0) is 8.32. The Morgan fingerprint density at radius 3 is 2.45 bits per heavy atom. The third-order valence-corrected chi connectivity index (χ3v) is 1.62. The van der Waals surface area contributed by atoms with Crippen LogP contribution in [0.4, 0.5) is 0 Å². The quantitative estimate of drug-likeness (QED) is 0.534. The molecular weight excluding hydrogens is 148 g/mol. The lowest BCUT2D eigenvalue weighted by atomic mass is 10.3. The van der Waals surface area contributed by atoms with Gasteiger partial charge in [0, 0.05) is 0 Å². The first kappa shape index (κ1) is 8.67. The summed E-state index contributed by atoms with van der Waals surface area (Å²) >= 11 is 0. The van der Waals surface area contributed by atoms with E-state index in [1.807, 2.05) is 0 Å². The van der Waals surface area contributed by atoms with Crippen LogP contribution in [-0.4, -0.2) is 41.9 Å². The van der Waals surface area contributed by atoms with Gasteiger partial charge in [0.1, 0.15) is 6.10 Å². The molecule has 64 valence electrons. The maximum absolute atomic E-state index is 8.79. The Balaban J connectivity index is 2.54. The van der Waals surface area contributed by atoms with Crippen molar-refractivity contribution in [1.82, 2.24) is 0 Å². The van der Waals surface area contributed by atoms with Crippen molar-refractivity contribution >= 4 is 0 Å². The molecule has 4 heteroatoms. The highest BCUT2D eigenvalue weighted by molar-refractivity contribution is 4.88. The van der Waals surface area contributed by atoms with E-state index in [4.69, 9.17) is 19.7 Å². The molecule has 1 fully saturated rings. The number of rotatable bonds is 3. The molecular formula is C7H12O4. The summed E-state index contributed by atoms with van der Waals surface area (Å²) in [6, 6.07) is 0. The van der Waals surface area contributed by atoms with E-state index in [2.05, 4.69) is 6.58 Å². The van der Waals surface area contributed by atoms with Gasteiger partial charge in [0.25, 0.3) is 0 Å². The van der Waals surface area contributed by atoms with Crippen LogP contribution in [0.15, 0.2) is 12.7 Å². The highest BCUT2D eigenvalue weighted by Crippen LogP contribution is 2.22. The largest absolute Gasteiger partial charge is 0.391 e. The molecule has 1 unspecified atom stereocenters. The van der Waals surface area contributed by atoms with Gasteiger partial charge in [0.05, 0.1) is 19.8 Å². The Hall–Kier alpha value is -0.420. The zero-order valence-electron chi connectivity index (χ0n) is 6.19. The van der Waals surface area contributed by atoms with Gasteiger partial charge in [-0.1, -0.05) is 6.08 Å². The van der Waals surface area contributed by atoms with Gasteiger partial charge in [0.2, 0.25) is 5.79 Å². The summed E-state index contributed by atoms with van der Waals surface area (Å²) < 4.78 is 10.2. The van der Waals surface area contributed by atoms with Crippen molar-refractivity contribution in [3.05, 3.63) is 12.7 Å². The highest BCUT2D eigenvalue weighted by atomic mass is 16.8. The fourth-order valence-electron chi connectivity index (χ4n) is 0.910. The van der Waals surface area contributed by atoms with Gasteiger partial charge < -0.3 is 19.7 Å². The molecule has 1 atom stereocenters. The standard InChI is InChI=1S/C7H12O4/c1-2-6-3-10-7(4-8,5-9)11-6/h2,6,8-9H,1,3-5H2. The van der Waals surface area contributed by atoms with Crippen molar-refractivity contribution in [2.75, 3.05) is 19.8 Å². The lowest BCUT2D eigenvalue weighted by Gasteiger charge is -2.22. The van der Waals surface area contributed by atoms with Gasteiger partial charge in [0.15, 0.2) is 0 Å². The Labute approximate surface area is 65.0 Å². The maximum Gasteiger partial charge on any atom is 0.216 e. The van der Waals surface area contributed by atoms with Crippen LogP contribution >= 0.6 is 0 Å². The predicted octanol–water partition coefficient (Wildman–Crippen LogP) is -0.731. The first-order valence-electron chi connectivity index (χ1n) is 3.42. The second-order valence-corrected chi connectivity index (χ2v) is 2.43. The van der Waals surface area contributed by atoms with E-state index >= 15 is 0 Å². The fourth-order valence-corrected chi connectivity index (χ4v) is 0.910. The van der Waals surface area contributed by atoms with Crippen LogP contribution in [0.2, 0.25) is 0 Å². The molecule has 1 aliphatic rings. The molecule has 0 radical (unpaired) electrons. The summed E-state index contributed by atoms with van der Waals surface area (Å²) in [4.78, 5) is 0. The molecule has 0 aromatic rings. The zero-order valence-corrected chi connectivity index (χ0v) is 6.19. The lowest BCUT2D eigenvalue weighted by Crippen LogP contribution is -2.39. The number of hydrogen-bond donors (Lipinski definition) is 2. The molecule has 0 aliphatic carbocycles. The average Bonchev–Trinajstić information content (AvgIpc) is 2.49. The minimum Gasteiger partial charge on any atom is -0.391 e. The van der Waals surface area contributed by atoms with Crippen molar-refractivity contribution in [3.8, 4) is 0 Å². The summed E-state index contributed by atoms with van der Waals surface area (Å²) in [7, 11) is 0. The first-order valence-corrected chi connectivity index (χ1v) is 3.42. The molecule has 0 aromatic heterocycles. The maximum atomic E-state index is 8.79. The van der Waals surface area contributed by atoms with Crippen molar-refractivity contribution in [1.29, 1.82) is 0 Å². The van der Waals surface area contributed by atoms with Gasteiger partial charge in [-0.15, -0.1) is 6.58 Å².